The largest absolute Gasteiger partial charge is 0.459 e. The third-order valence-electron chi connectivity index (χ3n) is 3.75. The highest BCUT2D eigenvalue weighted by molar-refractivity contribution is 7.98. The van der Waals surface area contributed by atoms with Crippen molar-refractivity contribution in [2.24, 2.45) is 0 Å². The van der Waals surface area contributed by atoms with Gasteiger partial charge in [0.05, 0.1) is 6.26 Å². The standard InChI is InChI=1S/C18H22N2O3S/c1-12-6-7-14(11-13(12)2)19-17(21)15(8-10-24-3)20-18(22)16-5-4-9-23-16/h4-7,9,11,15H,8,10H2,1-3H3,(H,19,21)(H,20,22). The molecule has 5 nitrogen and oxygen atoms in total. The fourth-order valence-corrected chi connectivity index (χ4v) is 2.66. The van der Waals surface area contributed by atoms with E-state index in [1.54, 1.807) is 23.9 Å². The Morgan fingerprint density at radius 1 is 1.21 bits per heavy atom. The lowest BCUT2D eigenvalue weighted by Gasteiger charge is -2.18. The molecule has 24 heavy (non-hydrogen) atoms. The predicted molar refractivity (Wildman–Crippen MR) is 97.5 cm³/mol. The summed E-state index contributed by atoms with van der Waals surface area (Å²) in [7, 11) is 0. The van der Waals surface area contributed by atoms with E-state index in [0.29, 0.717) is 6.42 Å². The molecule has 0 aliphatic carbocycles. The molecular formula is C18H22N2O3S. The van der Waals surface area contributed by atoms with Crippen LogP contribution < -0.4 is 10.6 Å². The first-order chi connectivity index (χ1) is 11.5. The summed E-state index contributed by atoms with van der Waals surface area (Å²) in [5, 5.41) is 5.62. The number of benzene rings is 1. The minimum absolute atomic E-state index is 0.197. The molecule has 1 aromatic carbocycles. The van der Waals surface area contributed by atoms with Gasteiger partial charge in [0.1, 0.15) is 6.04 Å². The monoisotopic (exact) mass is 346 g/mol. The minimum Gasteiger partial charge on any atom is -0.459 e. The van der Waals surface area contributed by atoms with Gasteiger partial charge in [-0.1, -0.05) is 6.07 Å². The molecule has 1 unspecified atom stereocenters. The van der Waals surface area contributed by atoms with E-state index in [1.165, 1.54) is 6.26 Å². The van der Waals surface area contributed by atoms with Crippen LogP contribution >= 0.6 is 11.8 Å². The molecule has 2 aromatic rings. The number of carbonyl (C=O) groups excluding carboxylic acids is 2. The van der Waals surface area contributed by atoms with Crippen LogP contribution in [0.3, 0.4) is 0 Å². The number of hydrogen-bond donors (Lipinski definition) is 2. The van der Waals surface area contributed by atoms with Crippen molar-refractivity contribution < 1.29 is 14.0 Å². The maximum atomic E-state index is 12.6. The summed E-state index contributed by atoms with van der Waals surface area (Å²) in [5.74, 6) is 0.348. The summed E-state index contributed by atoms with van der Waals surface area (Å²) < 4.78 is 5.08. The molecule has 0 fully saturated rings. The van der Waals surface area contributed by atoms with Crippen molar-refractivity contribution in [3.8, 4) is 0 Å². The molecule has 2 amide bonds. The molecule has 128 valence electrons. The van der Waals surface area contributed by atoms with Gasteiger partial charge in [-0.25, -0.2) is 0 Å². The number of furan rings is 1. The topological polar surface area (TPSA) is 71.3 Å². The van der Waals surface area contributed by atoms with Crippen LogP contribution in [-0.2, 0) is 4.79 Å². The molecule has 1 atom stereocenters. The van der Waals surface area contributed by atoms with Crippen LogP contribution in [-0.4, -0.2) is 29.9 Å². The summed E-state index contributed by atoms with van der Waals surface area (Å²) in [6.45, 7) is 4.01. The Kier molecular flexibility index (Phi) is 6.49. The van der Waals surface area contributed by atoms with E-state index >= 15 is 0 Å². The maximum absolute atomic E-state index is 12.6. The normalized spacial score (nSPS) is 11.8. The zero-order valence-electron chi connectivity index (χ0n) is 14.1. The highest BCUT2D eigenvalue weighted by Gasteiger charge is 2.22. The van der Waals surface area contributed by atoms with Gasteiger partial charge in [0.25, 0.3) is 5.91 Å². The van der Waals surface area contributed by atoms with Crippen LogP contribution in [0.4, 0.5) is 5.69 Å². The zero-order valence-corrected chi connectivity index (χ0v) is 14.9. The molecule has 0 radical (unpaired) electrons. The summed E-state index contributed by atoms with van der Waals surface area (Å²) >= 11 is 1.63. The number of anilines is 1. The lowest BCUT2D eigenvalue weighted by atomic mass is 10.1. The first kappa shape index (κ1) is 18.1. The van der Waals surface area contributed by atoms with E-state index in [2.05, 4.69) is 10.6 Å². The van der Waals surface area contributed by atoms with Crippen LogP contribution in [0.25, 0.3) is 0 Å². The third-order valence-corrected chi connectivity index (χ3v) is 4.40. The maximum Gasteiger partial charge on any atom is 0.287 e. The Morgan fingerprint density at radius 3 is 2.62 bits per heavy atom. The molecule has 0 aliphatic heterocycles. The molecule has 6 heteroatoms. The van der Waals surface area contributed by atoms with Crippen LogP contribution in [0.15, 0.2) is 41.0 Å². The van der Waals surface area contributed by atoms with Gasteiger partial charge < -0.3 is 15.1 Å². The smallest absolute Gasteiger partial charge is 0.287 e. The van der Waals surface area contributed by atoms with Crippen molar-refractivity contribution in [3.05, 3.63) is 53.5 Å². The zero-order chi connectivity index (χ0) is 17.5. The summed E-state index contributed by atoms with van der Waals surface area (Å²) in [6, 6.07) is 8.34. The van der Waals surface area contributed by atoms with Crippen molar-refractivity contribution in [2.75, 3.05) is 17.3 Å². The average molecular weight is 346 g/mol. The van der Waals surface area contributed by atoms with Crippen LogP contribution in [0.2, 0.25) is 0 Å². The average Bonchev–Trinajstić information content (AvgIpc) is 3.09. The highest BCUT2D eigenvalue weighted by atomic mass is 32.2. The fraction of sp³-hybridized carbons (Fsp3) is 0.333. The number of nitrogens with one attached hydrogen (secondary N) is 2. The highest BCUT2D eigenvalue weighted by Crippen LogP contribution is 2.15. The summed E-state index contributed by atoms with van der Waals surface area (Å²) in [5.41, 5.74) is 3.00. The van der Waals surface area contributed by atoms with Crippen molar-refractivity contribution >= 4 is 29.3 Å². The Balaban J connectivity index is 2.06. The number of carbonyl (C=O) groups is 2. The SMILES string of the molecule is CSCCC(NC(=O)c1ccco1)C(=O)Nc1ccc(C)c(C)c1. The minimum atomic E-state index is -0.614. The molecule has 0 aliphatic rings. The van der Waals surface area contributed by atoms with E-state index in [9.17, 15) is 9.59 Å². The molecule has 0 bridgehead atoms. The quantitative estimate of drug-likeness (QED) is 0.806. The number of thioether (sulfide) groups is 1. The van der Waals surface area contributed by atoms with Gasteiger partial charge in [0.2, 0.25) is 5.91 Å². The molecule has 1 aromatic heterocycles. The van der Waals surface area contributed by atoms with Crippen molar-refractivity contribution in [2.45, 2.75) is 26.3 Å². The second-order valence-electron chi connectivity index (χ2n) is 5.57. The Hall–Kier alpha value is -2.21. The number of amides is 2. The van der Waals surface area contributed by atoms with E-state index in [-0.39, 0.29) is 17.6 Å². The summed E-state index contributed by atoms with van der Waals surface area (Å²) in [4.78, 5) is 24.7. The molecular weight excluding hydrogens is 324 g/mol. The van der Waals surface area contributed by atoms with Crippen molar-refractivity contribution in [1.29, 1.82) is 0 Å². The van der Waals surface area contributed by atoms with E-state index in [0.717, 1.165) is 22.6 Å². The molecule has 0 saturated carbocycles. The first-order valence-corrected chi connectivity index (χ1v) is 9.12. The number of hydrogen-bond acceptors (Lipinski definition) is 4. The number of rotatable bonds is 7. The Labute approximate surface area is 146 Å². The van der Waals surface area contributed by atoms with Gasteiger partial charge in [-0.2, -0.15) is 11.8 Å². The molecule has 1 heterocycles. The fourth-order valence-electron chi connectivity index (χ4n) is 2.19. The second-order valence-corrected chi connectivity index (χ2v) is 6.56. The Bertz CT molecular complexity index is 698. The lowest BCUT2D eigenvalue weighted by Crippen LogP contribution is -2.44. The lowest BCUT2D eigenvalue weighted by molar-refractivity contribution is -0.118. The van der Waals surface area contributed by atoms with Gasteiger partial charge in [-0.3, -0.25) is 9.59 Å². The van der Waals surface area contributed by atoms with Crippen LogP contribution in [0.5, 0.6) is 0 Å². The number of aryl methyl sites for hydroxylation is 2. The van der Waals surface area contributed by atoms with Gasteiger partial charge in [-0.15, -0.1) is 0 Å². The molecule has 2 rings (SSSR count). The van der Waals surface area contributed by atoms with E-state index in [1.807, 2.05) is 38.3 Å². The van der Waals surface area contributed by atoms with Crippen LogP contribution in [0, 0.1) is 13.8 Å². The van der Waals surface area contributed by atoms with Gasteiger partial charge in [0, 0.05) is 5.69 Å². The third kappa shape index (κ3) is 4.89. The first-order valence-electron chi connectivity index (χ1n) is 7.72. The Morgan fingerprint density at radius 2 is 2.00 bits per heavy atom. The van der Waals surface area contributed by atoms with Gasteiger partial charge in [-0.05, 0) is 67.7 Å². The van der Waals surface area contributed by atoms with E-state index < -0.39 is 6.04 Å². The second kappa shape index (κ2) is 8.59. The molecule has 0 saturated heterocycles. The van der Waals surface area contributed by atoms with Crippen LogP contribution in [0.1, 0.15) is 28.1 Å². The van der Waals surface area contributed by atoms with Gasteiger partial charge >= 0.3 is 0 Å². The van der Waals surface area contributed by atoms with Crippen molar-refractivity contribution in [1.82, 2.24) is 5.32 Å². The predicted octanol–water partition coefficient (Wildman–Crippen LogP) is 3.39. The summed E-state index contributed by atoms with van der Waals surface area (Å²) in [6.07, 6.45) is 3.94. The molecule has 0 spiro atoms. The molecule has 2 N–H and O–H groups in total. The van der Waals surface area contributed by atoms with E-state index in [4.69, 9.17) is 4.42 Å². The van der Waals surface area contributed by atoms with Crippen molar-refractivity contribution in [3.63, 3.8) is 0 Å². The van der Waals surface area contributed by atoms with Gasteiger partial charge in [0.15, 0.2) is 5.76 Å².